The average Bonchev–Trinajstić information content (AvgIpc) is 3.46. The van der Waals surface area contributed by atoms with E-state index in [0.717, 1.165) is 16.6 Å². The van der Waals surface area contributed by atoms with Crippen LogP contribution in [0.15, 0.2) is 144 Å². The van der Waals surface area contributed by atoms with Gasteiger partial charge in [-0.3, -0.25) is 0 Å². The zero-order valence-corrected chi connectivity index (χ0v) is 25.7. The van der Waals surface area contributed by atoms with Crippen LogP contribution in [0.2, 0.25) is 0 Å². The van der Waals surface area contributed by atoms with E-state index >= 15 is 0 Å². The molecule has 1 heterocycles. The first kappa shape index (κ1) is 26.0. The van der Waals surface area contributed by atoms with Gasteiger partial charge in [-0.05, 0) is 94.9 Å². The van der Waals surface area contributed by atoms with Crippen molar-refractivity contribution < 1.29 is 4.42 Å². The van der Waals surface area contributed by atoms with Gasteiger partial charge in [0.2, 0.25) is 0 Å². The predicted octanol–water partition coefficient (Wildman–Crippen LogP) is 12.8. The molecule has 0 saturated heterocycles. The van der Waals surface area contributed by atoms with E-state index in [1.807, 2.05) is 12.1 Å². The highest BCUT2D eigenvalue weighted by atomic mass is 16.3. The zero-order chi connectivity index (χ0) is 30.3. The van der Waals surface area contributed by atoms with Crippen molar-refractivity contribution >= 4 is 54.3 Å². The van der Waals surface area contributed by atoms with Gasteiger partial charge in [-0.25, -0.2) is 0 Å². The lowest BCUT2D eigenvalue weighted by molar-refractivity contribution is 0.591. The normalized spacial score (nSPS) is 12.3. The summed E-state index contributed by atoms with van der Waals surface area (Å²) in [6, 6.07) is 51.1. The third kappa shape index (κ3) is 4.01. The molecule has 0 saturated carbocycles. The molecular formula is C44H32O. The van der Waals surface area contributed by atoms with Gasteiger partial charge in [0.15, 0.2) is 0 Å². The van der Waals surface area contributed by atoms with Gasteiger partial charge < -0.3 is 4.42 Å². The predicted molar refractivity (Wildman–Crippen MR) is 192 cm³/mol. The van der Waals surface area contributed by atoms with Crippen LogP contribution in [0.25, 0.3) is 87.6 Å². The lowest BCUT2D eigenvalue weighted by Crippen LogP contribution is -2.10. The second kappa shape index (κ2) is 9.55. The first-order chi connectivity index (χ1) is 21.9. The minimum atomic E-state index is 0.0830. The van der Waals surface area contributed by atoms with Crippen molar-refractivity contribution in [3.05, 3.63) is 145 Å². The summed E-state index contributed by atoms with van der Waals surface area (Å²) in [5, 5.41) is 10.2. The first-order valence-electron chi connectivity index (χ1n) is 15.8. The van der Waals surface area contributed by atoms with Crippen LogP contribution in [0.5, 0.6) is 0 Å². The summed E-state index contributed by atoms with van der Waals surface area (Å²) in [6.07, 6.45) is 0. The third-order valence-corrected chi connectivity index (χ3v) is 9.58. The van der Waals surface area contributed by atoms with Crippen LogP contribution in [0, 0.1) is 0 Å². The van der Waals surface area contributed by atoms with Crippen LogP contribution in [0.1, 0.15) is 26.3 Å². The van der Waals surface area contributed by atoms with Crippen LogP contribution in [-0.2, 0) is 5.41 Å². The molecule has 1 heteroatoms. The number of hydrogen-bond acceptors (Lipinski definition) is 1. The van der Waals surface area contributed by atoms with Crippen molar-refractivity contribution in [2.24, 2.45) is 0 Å². The second-order valence-electron chi connectivity index (χ2n) is 13.3. The second-order valence-corrected chi connectivity index (χ2v) is 13.3. The Bertz CT molecular complexity index is 2520. The molecule has 0 spiro atoms. The van der Waals surface area contributed by atoms with Crippen molar-refractivity contribution in [2.75, 3.05) is 0 Å². The Morgan fingerprint density at radius 3 is 1.64 bits per heavy atom. The number of rotatable bonds is 3. The molecule has 45 heavy (non-hydrogen) atoms. The summed E-state index contributed by atoms with van der Waals surface area (Å²) in [7, 11) is 0. The van der Waals surface area contributed by atoms with Crippen LogP contribution in [0.3, 0.4) is 0 Å². The van der Waals surface area contributed by atoms with Crippen molar-refractivity contribution in [2.45, 2.75) is 26.2 Å². The van der Waals surface area contributed by atoms with Crippen LogP contribution >= 0.6 is 0 Å². The van der Waals surface area contributed by atoms with Gasteiger partial charge in [-0.2, -0.15) is 0 Å². The molecule has 0 amide bonds. The fourth-order valence-electron chi connectivity index (χ4n) is 7.29. The standard InChI is InChI=1S/C44H32O/c1-44(2,3)32-24-30-20-22-34-37(27-10-5-4-6-11-27)26-38(35-23-21-31(25-32)41(30)43(34)35)29-18-16-28(17-19-29)33-13-9-15-40-42(33)36-12-7-8-14-39(36)45-40/h4-26H,1-3H3. The molecule has 0 N–H and O–H groups in total. The van der Waals surface area contributed by atoms with E-state index in [1.165, 1.54) is 76.6 Å². The van der Waals surface area contributed by atoms with Crippen molar-refractivity contribution in [1.29, 1.82) is 0 Å². The van der Waals surface area contributed by atoms with Gasteiger partial charge in [0, 0.05) is 10.8 Å². The van der Waals surface area contributed by atoms with Crippen molar-refractivity contribution in [1.82, 2.24) is 0 Å². The number of benzene rings is 8. The van der Waals surface area contributed by atoms with Gasteiger partial charge in [-0.15, -0.1) is 0 Å². The molecule has 214 valence electrons. The molecular weight excluding hydrogens is 544 g/mol. The van der Waals surface area contributed by atoms with Crippen LogP contribution in [0.4, 0.5) is 0 Å². The number of para-hydroxylation sites is 1. The van der Waals surface area contributed by atoms with E-state index in [2.05, 4.69) is 148 Å². The molecule has 1 aromatic heterocycles. The molecule has 0 atom stereocenters. The summed E-state index contributed by atoms with van der Waals surface area (Å²) >= 11 is 0. The summed E-state index contributed by atoms with van der Waals surface area (Å²) < 4.78 is 6.19. The number of hydrogen-bond donors (Lipinski definition) is 0. The zero-order valence-electron chi connectivity index (χ0n) is 25.7. The molecule has 9 aromatic rings. The Kier molecular flexibility index (Phi) is 5.53. The molecule has 0 aliphatic heterocycles. The molecule has 0 radical (unpaired) electrons. The summed E-state index contributed by atoms with van der Waals surface area (Å²) in [6.45, 7) is 6.89. The van der Waals surface area contributed by atoms with Gasteiger partial charge in [0.1, 0.15) is 11.2 Å². The third-order valence-electron chi connectivity index (χ3n) is 9.58. The van der Waals surface area contributed by atoms with Crippen LogP contribution < -0.4 is 0 Å². The molecule has 0 fully saturated rings. The maximum atomic E-state index is 6.19. The molecule has 0 bridgehead atoms. The summed E-state index contributed by atoms with van der Waals surface area (Å²) in [4.78, 5) is 0. The van der Waals surface area contributed by atoms with E-state index in [0.29, 0.717) is 0 Å². The average molecular weight is 577 g/mol. The van der Waals surface area contributed by atoms with Crippen LogP contribution in [-0.4, -0.2) is 0 Å². The molecule has 0 aliphatic rings. The highest BCUT2D eigenvalue weighted by molar-refractivity contribution is 6.28. The highest BCUT2D eigenvalue weighted by Crippen LogP contribution is 2.45. The van der Waals surface area contributed by atoms with Gasteiger partial charge >= 0.3 is 0 Å². The highest BCUT2D eigenvalue weighted by Gasteiger charge is 2.20. The topological polar surface area (TPSA) is 13.1 Å². The van der Waals surface area contributed by atoms with Gasteiger partial charge in [-0.1, -0.05) is 142 Å². The Hall–Kier alpha value is -5.40. The molecule has 0 unspecified atom stereocenters. The van der Waals surface area contributed by atoms with Gasteiger partial charge in [0.05, 0.1) is 0 Å². The largest absolute Gasteiger partial charge is 0.456 e. The van der Waals surface area contributed by atoms with Crippen molar-refractivity contribution in [3.8, 4) is 33.4 Å². The fraction of sp³-hybridized carbons (Fsp3) is 0.0909. The van der Waals surface area contributed by atoms with E-state index in [1.54, 1.807) is 0 Å². The van der Waals surface area contributed by atoms with E-state index in [-0.39, 0.29) is 5.41 Å². The van der Waals surface area contributed by atoms with Crippen molar-refractivity contribution in [3.63, 3.8) is 0 Å². The van der Waals surface area contributed by atoms with E-state index in [4.69, 9.17) is 4.42 Å². The molecule has 0 aliphatic carbocycles. The maximum absolute atomic E-state index is 6.19. The fourth-order valence-corrected chi connectivity index (χ4v) is 7.29. The van der Waals surface area contributed by atoms with Gasteiger partial charge in [0.25, 0.3) is 0 Å². The monoisotopic (exact) mass is 576 g/mol. The minimum Gasteiger partial charge on any atom is -0.456 e. The molecule has 9 rings (SSSR count). The summed E-state index contributed by atoms with van der Waals surface area (Å²) in [5.41, 5.74) is 10.7. The van der Waals surface area contributed by atoms with E-state index in [9.17, 15) is 0 Å². The summed E-state index contributed by atoms with van der Waals surface area (Å²) in [5.74, 6) is 0. The molecule has 1 nitrogen and oxygen atoms in total. The maximum Gasteiger partial charge on any atom is 0.136 e. The Morgan fingerprint density at radius 1 is 0.400 bits per heavy atom. The van der Waals surface area contributed by atoms with E-state index < -0.39 is 0 Å². The first-order valence-corrected chi connectivity index (χ1v) is 15.8. The lowest BCUT2D eigenvalue weighted by atomic mass is 9.81. The SMILES string of the molecule is CC(C)(C)c1cc2ccc3c(-c4ccccc4)cc(-c4ccc(-c5cccc6oc7ccccc7c56)cc4)c4ccc(c1)c2c34. The number of fused-ring (bicyclic) bond motifs is 3. The quantitative estimate of drug-likeness (QED) is 0.191. The smallest absolute Gasteiger partial charge is 0.136 e. The Balaban J connectivity index is 1.28. The minimum absolute atomic E-state index is 0.0830. The lowest BCUT2D eigenvalue weighted by Gasteiger charge is -2.23. The number of furan rings is 1. The molecule has 8 aromatic carbocycles. The Labute approximate surface area is 262 Å². The Morgan fingerprint density at radius 2 is 0.978 bits per heavy atom.